The van der Waals surface area contributed by atoms with Crippen molar-refractivity contribution in [2.24, 2.45) is 11.8 Å². The first-order chi connectivity index (χ1) is 12.4. The van der Waals surface area contributed by atoms with E-state index in [2.05, 4.69) is 15.5 Å². The molecule has 4 rings (SSSR count). The van der Waals surface area contributed by atoms with Gasteiger partial charge in [0.15, 0.2) is 5.69 Å². The van der Waals surface area contributed by atoms with Crippen LogP contribution in [-0.4, -0.2) is 29.9 Å². The number of nitrogens with one attached hydrogen (secondary N) is 2. The van der Waals surface area contributed by atoms with Crippen LogP contribution in [0, 0.1) is 17.7 Å². The lowest BCUT2D eigenvalue weighted by atomic mass is 9.62. The molecule has 26 heavy (non-hydrogen) atoms. The number of benzene rings is 1. The van der Waals surface area contributed by atoms with Crippen LogP contribution in [0.15, 0.2) is 12.1 Å². The monoisotopic (exact) mass is 371 g/mol. The SMILES string of the molecule is CCOC1(c2cc(F)cc3[nH]nc(C(F)(F)F)c23)C2CCCC1CNC2. The van der Waals surface area contributed by atoms with Crippen LogP contribution >= 0.6 is 0 Å². The Morgan fingerprint density at radius 1 is 1.23 bits per heavy atom. The molecule has 2 heterocycles. The summed E-state index contributed by atoms with van der Waals surface area (Å²) in [6.45, 7) is 3.47. The van der Waals surface area contributed by atoms with Gasteiger partial charge < -0.3 is 10.1 Å². The van der Waals surface area contributed by atoms with Crippen LogP contribution in [-0.2, 0) is 16.5 Å². The average molecular weight is 371 g/mol. The number of nitrogens with zero attached hydrogens (tertiary/aromatic N) is 1. The minimum absolute atomic E-state index is 0.00377. The van der Waals surface area contributed by atoms with Crippen LogP contribution in [0.5, 0.6) is 0 Å². The van der Waals surface area contributed by atoms with E-state index in [9.17, 15) is 17.6 Å². The molecule has 1 aromatic carbocycles. The van der Waals surface area contributed by atoms with E-state index >= 15 is 0 Å². The van der Waals surface area contributed by atoms with Crippen LogP contribution in [0.4, 0.5) is 17.6 Å². The average Bonchev–Trinajstić information content (AvgIpc) is 2.97. The minimum Gasteiger partial charge on any atom is -0.370 e. The summed E-state index contributed by atoms with van der Waals surface area (Å²) in [6, 6.07) is 2.29. The smallest absolute Gasteiger partial charge is 0.370 e. The molecular weight excluding hydrogens is 350 g/mol. The molecule has 1 saturated carbocycles. The predicted molar refractivity (Wildman–Crippen MR) is 88.1 cm³/mol. The Morgan fingerprint density at radius 3 is 2.54 bits per heavy atom. The van der Waals surface area contributed by atoms with E-state index in [1.807, 2.05) is 6.92 Å². The van der Waals surface area contributed by atoms with Crippen molar-refractivity contribution >= 4 is 10.9 Å². The third-order valence-corrected chi connectivity index (χ3v) is 5.80. The molecule has 4 nitrogen and oxygen atoms in total. The van der Waals surface area contributed by atoms with Gasteiger partial charge in [-0.3, -0.25) is 5.10 Å². The van der Waals surface area contributed by atoms with Crippen molar-refractivity contribution < 1.29 is 22.3 Å². The van der Waals surface area contributed by atoms with Gasteiger partial charge in [0, 0.05) is 36.9 Å². The number of ether oxygens (including phenoxy) is 1. The number of fused-ring (bicyclic) bond motifs is 3. The third-order valence-electron chi connectivity index (χ3n) is 5.80. The van der Waals surface area contributed by atoms with Gasteiger partial charge in [0.05, 0.1) is 5.52 Å². The van der Waals surface area contributed by atoms with E-state index in [1.54, 1.807) is 0 Å². The maximum absolute atomic E-state index is 14.3. The first-order valence-corrected chi connectivity index (χ1v) is 8.98. The second-order valence-corrected chi connectivity index (χ2v) is 7.16. The molecule has 1 saturated heterocycles. The molecule has 2 fully saturated rings. The number of aromatic nitrogens is 2. The Labute approximate surface area is 148 Å². The highest BCUT2D eigenvalue weighted by Crippen LogP contribution is 2.53. The molecule has 0 radical (unpaired) electrons. The number of halogens is 4. The highest BCUT2D eigenvalue weighted by atomic mass is 19.4. The molecule has 2 N–H and O–H groups in total. The standard InChI is InChI=1S/C18H21F4N3O/c1-2-26-17(10-4-3-5-11(17)9-23-8-10)13-6-12(19)7-14-15(13)16(25-24-14)18(20,21)22/h6-7,10-11,23H,2-5,8-9H2,1H3,(H,24,25). The van der Waals surface area contributed by atoms with E-state index in [4.69, 9.17) is 4.74 Å². The van der Waals surface area contributed by atoms with Crippen LogP contribution in [0.25, 0.3) is 10.9 Å². The molecule has 8 heteroatoms. The third kappa shape index (κ3) is 2.53. The van der Waals surface area contributed by atoms with E-state index in [-0.39, 0.29) is 28.3 Å². The van der Waals surface area contributed by atoms with Crippen molar-refractivity contribution in [3.05, 3.63) is 29.2 Å². The van der Waals surface area contributed by atoms with Gasteiger partial charge in [-0.05, 0) is 37.5 Å². The van der Waals surface area contributed by atoms with Gasteiger partial charge in [0.1, 0.15) is 11.4 Å². The molecule has 2 unspecified atom stereocenters. The first kappa shape index (κ1) is 17.7. The Hall–Kier alpha value is -1.67. The summed E-state index contributed by atoms with van der Waals surface area (Å²) < 4.78 is 61.3. The van der Waals surface area contributed by atoms with Crippen LogP contribution in [0.1, 0.15) is 37.4 Å². The van der Waals surface area contributed by atoms with Gasteiger partial charge in [0.2, 0.25) is 0 Å². The van der Waals surface area contributed by atoms with Gasteiger partial charge in [-0.2, -0.15) is 18.3 Å². The summed E-state index contributed by atoms with van der Waals surface area (Å²) >= 11 is 0. The zero-order chi connectivity index (χ0) is 18.5. The molecule has 2 aromatic rings. The normalized spacial score (nSPS) is 29.3. The van der Waals surface area contributed by atoms with Gasteiger partial charge in [-0.25, -0.2) is 4.39 Å². The molecule has 0 amide bonds. The van der Waals surface area contributed by atoms with Crippen molar-refractivity contribution in [1.29, 1.82) is 0 Å². The van der Waals surface area contributed by atoms with Crippen LogP contribution < -0.4 is 5.32 Å². The quantitative estimate of drug-likeness (QED) is 0.803. The van der Waals surface area contributed by atoms with E-state index in [0.29, 0.717) is 19.7 Å². The lowest BCUT2D eigenvalue weighted by Crippen LogP contribution is -2.58. The van der Waals surface area contributed by atoms with Crippen LogP contribution in [0.2, 0.25) is 0 Å². The topological polar surface area (TPSA) is 49.9 Å². The molecule has 1 aromatic heterocycles. The van der Waals surface area contributed by atoms with Gasteiger partial charge in [-0.15, -0.1) is 0 Å². The highest BCUT2D eigenvalue weighted by molar-refractivity contribution is 5.86. The van der Waals surface area contributed by atoms with Crippen molar-refractivity contribution in [2.45, 2.75) is 38.0 Å². The molecular formula is C18H21F4N3O. The number of aromatic amines is 1. The Morgan fingerprint density at radius 2 is 1.92 bits per heavy atom. The largest absolute Gasteiger partial charge is 0.435 e. The number of hydrogen-bond acceptors (Lipinski definition) is 3. The summed E-state index contributed by atoms with van der Waals surface area (Å²) in [6.07, 6.45) is -1.95. The van der Waals surface area contributed by atoms with Gasteiger partial charge in [-0.1, -0.05) is 6.42 Å². The predicted octanol–water partition coefficient (Wildman–Crippen LogP) is 3.97. The number of H-pyrrole nitrogens is 1. The molecule has 0 spiro atoms. The summed E-state index contributed by atoms with van der Waals surface area (Å²) in [7, 11) is 0. The van der Waals surface area contributed by atoms with E-state index in [1.165, 1.54) is 6.07 Å². The zero-order valence-corrected chi connectivity index (χ0v) is 14.4. The second-order valence-electron chi connectivity index (χ2n) is 7.16. The number of piperidine rings is 1. The van der Waals surface area contributed by atoms with E-state index < -0.39 is 23.3 Å². The molecule has 142 valence electrons. The molecule has 1 aliphatic heterocycles. The molecule has 2 aliphatic rings. The lowest BCUT2D eigenvalue weighted by molar-refractivity contribution is -0.161. The highest BCUT2D eigenvalue weighted by Gasteiger charge is 2.53. The van der Waals surface area contributed by atoms with E-state index in [0.717, 1.165) is 25.3 Å². The molecule has 2 bridgehead atoms. The summed E-state index contributed by atoms with van der Waals surface area (Å²) in [5.41, 5.74) is -1.59. The van der Waals surface area contributed by atoms with Crippen LogP contribution in [0.3, 0.4) is 0 Å². The first-order valence-electron chi connectivity index (χ1n) is 8.98. The summed E-state index contributed by atoms with van der Waals surface area (Å²) in [4.78, 5) is 0. The van der Waals surface area contributed by atoms with Crippen molar-refractivity contribution in [1.82, 2.24) is 15.5 Å². The number of rotatable bonds is 3. The summed E-state index contributed by atoms with van der Waals surface area (Å²) in [5, 5.41) is 9.11. The van der Waals surface area contributed by atoms with Crippen molar-refractivity contribution in [3.63, 3.8) is 0 Å². The fraction of sp³-hybridized carbons (Fsp3) is 0.611. The fourth-order valence-corrected chi connectivity index (χ4v) is 4.94. The fourth-order valence-electron chi connectivity index (χ4n) is 4.94. The number of alkyl halides is 3. The zero-order valence-electron chi connectivity index (χ0n) is 14.4. The summed E-state index contributed by atoms with van der Waals surface area (Å²) in [5.74, 6) is -0.590. The Balaban J connectivity index is 2.03. The van der Waals surface area contributed by atoms with Gasteiger partial charge in [0.25, 0.3) is 0 Å². The second kappa shape index (κ2) is 6.20. The maximum Gasteiger partial charge on any atom is 0.435 e. The minimum atomic E-state index is -4.62. The Kier molecular flexibility index (Phi) is 4.23. The maximum atomic E-state index is 14.3. The Bertz CT molecular complexity index is 795. The molecule has 2 atom stereocenters. The molecule has 1 aliphatic carbocycles. The van der Waals surface area contributed by atoms with Crippen molar-refractivity contribution in [3.8, 4) is 0 Å². The number of hydrogen-bond donors (Lipinski definition) is 2. The van der Waals surface area contributed by atoms with Crippen molar-refractivity contribution in [2.75, 3.05) is 19.7 Å². The lowest BCUT2D eigenvalue weighted by Gasteiger charge is -2.53. The van der Waals surface area contributed by atoms with Gasteiger partial charge >= 0.3 is 6.18 Å².